The zero-order chi connectivity index (χ0) is 15.7. The number of piperidine rings is 1. The summed E-state index contributed by atoms with van der Waals surface area (Å²) in [4.78, 5) is 25.3. The van der Waals surface area contributed by atoms with Crippen molar-refractivity contribution in [2.75, 3.05) is 11.4 Å². The van der Waals surface area contributed by atoms with Gasteiger partial charge in [0, 0.05) is 18.7 Å². The third kappa shape index (κ3) is 2.07. The molecule has 0 spiro atoms. The number of carbonyl (C=O) groups excluding carboxylic acids is 2. The Hall–Kier alpha value is -2.66. The molecular formula is C17H15N3O2. The van der Waals surface area contributed by atoms with Crippen molar-refractivity contribution in [3.8, 4) is 12.1 Å². The van der Waals surface area contributed by atoms with Crippen molar-refractivity contribution in [3.63, 3.8) is 0 Å². The Morgan fingerprint density at radius 2 is 1.82 bits per heavy atom. The predicted molar refractivity (Wildman–Crippen MR) is 78.7 cm³/mol. The van der Waals surface area contributed by atoms with E-state index in [0.29, 0.717) is 12.2 Å². The van der Waals surface area contributed by atoms with E-state index in [0.717, 1.165) is 24.8 Å². The maximum Gasteiger partial charge on any atom is 0.251 e. The van der Waals surface area contributed by atoms with Crippen LogP contribution in [0.3, 0.4) is 0 Å². The van der Waals surface area contributed by atoms with Gasteiger partial charge in [-0.2, -0.15) is 10.5 Å². The summed E-state index contributed by atoms with van der Waals surface area (Å²) in [6, 6.07) is 11.5. The second-order valence-corrected chi connectivity index (χ2v) is 5.86. The van der Waals surface area contributed by atoms with E-state index in [4.69, 9.17) is 5.26 Å². The van der Waals surface area contributed by atoms with Crippen LogP contribution in [-0.2, 0) is 15.0 Å². The normalized spacial score (nSPS) is 23.4. The number of nitriles is 2. The Morgan fingerprint density at radius 3 is 2.32 bits per heavy atom. The smallest absolute Gasteiger partial charge is 0.251 e. The number of amides is 1. The fraction of sp³-hybridized carbons (Fsp3) is 0.412. The highest BCUT2D eigenvalue weighted by Crippen LogP contribution is 2.43. The number of nitrogens with zero attached hydrogens (tertiary/aromatic N) is 3. The van der Waals surface area contributed by atoms with Crippen LogP contribution in [0.4, 0.5) is 5.69 Å². The first-order chi connectivity index (χ1) is 10.6. The molecule has 5 heteroatoms. The molecule has 1 aliphatic carbocycles. The summed E-state index contributed by atoms with van der Waals surface area (Å²) in [6.07, 6.45) is 3.01. The maximum atomic E-state index is 12.2. The minimum absolute atomic E-state index is 0.202. The van der Waals surface area contributed by atoms with Crippen molar-refractivity contribution in [1.82, 2.24) is 0 Å². The molecule has 110 valence electrons. The summed E-state index contributed by atoms with van der Waals surface area (Å²) in [5.41, 5.74) is 1.27. The fourth-order valence-electron chi connectivity index (χ4n) is 3.11. The van der Waals surface area contributed by atoms with Gasteiger partial charge in [-0.3, -0.25) is 9.59 Å². The summed E-state index contributed by atoms with van der Waals surface area (Å²) in [5, 5.41) is 18.3. The molecule has 1 unspecified atom stereocenters. The number of rotatable bonds is 2. The summed E-state index contributed by atoms with van der Waals surface area (Å²) >= 11 is 0. The van der Waals surface area contributed by atoms with E-state index in [1.807, 2.05) is 12.1 Å². The lowest BCUT2D eigenvalue weighted by Crippen LogP contribution is -2.45. The van der Waals surface area contributed by atoms with Crippen molar-refractivity contribution >= 4 is 17.4 Å². The number of hydrogen-bond acceptors (Lipinski definition) is 4. The molecule has 1 saturated heterocycles. The van der Waals surface area contributed by atoms with Gasteiger partial charge in [-0.25, -0.2) is 0 Å². The van der Waals surface area contributed by atoms with Gasteiger partial charge in [0.25, 0.3) is 5.91 Å². The van der Waals surface area contributed by atoms with Crippen LogP contribution in [0.25, 0.3) is 0 Å². The van der Waals surface area contributed by atoms with Crippen LogP contribution in [0.5, 0.6) is 0 Å². The third-order valence-corrected chi connectivity index (χ3v) is 4.70. The second kappa shape index (κ2) is 5.27. The first kappa shape index (κ1) is 14.3. The van der Waals surface area contributed by atoms with Crippen LogP contribution in [0, 0.1) is 28.6 Å². The van der Waals surface area contributed by atoms with Gasteiger partial charge in [-0.15, -0.1) is 0 Å². The van der Waals surface area contributed by atoms with Crippen molar-refractivity contribution < 1.29 is 9.59 Å². The molecule has 1 aromatic carbocycles. The molecule has 0 radical (unpaired) electrons. The van der Waals surface area contributed by atoms with Crippen LogP contribution in [0.1, 0.15) is 31.2 Å². The maximum absolute atomic E-state index is 12.2. The fourth-order valence-corrected chi connectivity index (χ4v) is 3.11. The Bertz CT molecular complexity index is 705. The molecule has 1 heterocycles. The highest BCUT2D eigenvalue weighted by Gasteiger charge is 2.39. The highest BCUT2D eigenvalue weighted by atomic mass is 16.2. The zero-order valence-corrected chi connectivity index (χ0v) is 12.1. The van der Waals surface area contributed by atoms with Crippen LogP contribution in [-0.4, -0.2) is 18.2 Å². The van der Waals surface area contributed by atoms with Gasteiger partial charge in [0.1, 0.15) is 0 Å². The molecule has 1 saturated carbocycles. The lowest BCUT2D eigenvalue weighted by Gasteiger charge is -2.36. The minimum atomic E-state index is -1.19. The molecule has 1 aromatic rings. The topological polar surface area (TPSA) is 85.0 Å². The van der Waals surface area contributed by atoms with Crippen molar-refractivity contribution in [2.45, 2.75) is 31.1 Å². The monoisotopic (exact) mass is 293 g/mol. The van der Waals surface area contributed by atoms with Gasteiger partial charge in [0.05, 0.1) is 17.6 Å². The van der Waals surface area contributed by atoms with Crippen LogP contribution in [0.15, 0.2) is 24.3 Å². The van der Waals surface area contributed by atoms with E-state index in [1.165, 1.54) is 4.90 Å². The van der Waals surface area contributed by atoms with E-state index in [1.54, 1.807) is 18.2 Å². The first-order valence-electron chi connectivity index (χ1n) is 7.37. The standard InChI is InChI=1S/C17H15N3O2/c18-10-14-15(21)6-9-20(16(14)22)13-4-2-12(3-5-13)17(11-19)7-1-8-17/h2-5,14H,1,6-9H2. The summed E-state index contributed by atoms with van der Waals surface area (Å²) in [5.74, 6) is -1.95. The van der Waals surface area contributed by atoms with Gasteiger partial charge in [0.2, 0.25) is 0 Å². The quantitative estimate of drug-likeness (QED) is 0.781. The van der Waals surface area contributed by atoms with Gasteiger partial charge in [-0.1, -0.05) is 12.1 Å². The van der Waals surface area contributed by atoms with E-state index in [9.17, 15) is 14.9 Å². The average Bonchev–Trinajstić information content (AvgIpc) is 2.48. The average molecular weight is 293 g/mol. The van der Waals surface area contributed by atoms with Crippen LogP contribution < -0.4 is 4.90 Å². The van der Waals surface area contributed by atoms with Crippen molar-refractivity contribution in [2.24, 2.45) is 5.92 Å². The molecule has 0 aromatic heterocycles. The molecule has 1 atom stereocenters. The van der Waals surface area contributed by atoms with Gasteiger partial charge < -0.3 is 4.90 Å². The lowest BCUT2D eigenvalue weighted by atomic mass is 9.65. The molecule has 2 aliphatic rings. The number of hydrogen-bond donors (Lipinski definition) is 0. The second-order valence-electron chi connectivity index (χ2n) is 5.86. The van der Waals surface area contributed by atoms with E-state index in [2.05, 4.69) is 6.07 Å². The number of ketones is 1. The number of Topliss-reactive ketones (excluding diaryl/α,β-unsaturated/α-hetero) is 1. The largest absolute Gasteiger partial charge is 0.310 e. The predicted octanol–water partition coefficient (Wildman–Crippen LogP) is 2.08. The third-order valence-electron chi connectivity index (χ3n) is 4.70. The van der Waals surface area contributed by atoms with E-state index >= 15 is 0 Å². The van der Waals surface area contributed by atoms with Gasteiger partial charge >= 0.3 is 0 Å². The molecule has 0 N–H and O–H groups in total. The Kier molecular flexibility index (Phi) is 3.42. The summed E-state index contributed by atoms with van der Waals surface area (Å²) in [6.45, 7) is 0.304. The first-order valence-corrected chi connectivity index (χ1v) is 7.37. The molecule has 2 fully saturated rings. The van der Waals surface area contributed by atoms with Crippen molar-refractivity contribution in [3.05, 3.63) is 29.8 Å². The number of benzene rings is 1. The van der Waals surface area contributed by atoms with Crippen molar-refractivity contribution in [1.29, 1.82) is 10.5 Å². The Morgan fingerprint density at radius 1 is 1.14 bits per heavy atom. The Balaban J connectivity index is 1.85. The molecule has 3 rings (SSSR count). The lowest BCUT2D eigenvalue weighted by molar-refractivity contribution is -0.132. The molecule has 22 heavy (non-hydrogen) atoms. The van der Waals surface area contributed by atoms with Gasteiger partial charge in [-0.05, 0) is 37.0 Å². The SMILES string of the molecule is N#CC1C(=O)CCN(c2ccc(C3(C#N)CCC3)cc2)C1=O. The molecular weight excluding hydrogens is 278 g/mol. The molecule has 1 amide bonds. The summed E-state index contributed by atoms with van der Waals surface area (Å²) < 4.78 is 0. The molecule has 0 bridgehead atoms. The summed E-state index contributed by atoms with van der Waals surface area (Å²) in [7, 11) is 0. The van der Waals surface area contributed by atoms with E-state index in [-0.39, 0.29) is 17.6 Å². The molecule has 5 nitrogen and oxygen atoms in total. The van der Waals surface area contributed by atoms with Gasteiger partial charge in [0.15, 0.2) is 11.7 Å². The highest BCUT2D eigenvalue weighted by molar-refractivity contribution is 6.13. The number of anilines is 1. The molecule has 1 aliphatic heterocycles. The van der Waals surface area contributed by atoms with E-state index < -0.39 is 11.8 Å². The van der Waals surface area contributed by atoms with Crippen LogP contribution in [0.2, 0.25) is 0 Å². The minimum Gasteiger partial charge on any atom is -0.310 e. The zero-order valence-electron chi connectivity index (χ0n) is 12.1. The number of carbonyl (C=O) groups is 2. The van der Waals surface area contributed by atoms with Crippen LogP contribution >= 0.6 is 0 Å². The Labute approximate surface area is 128 Å².